The summed E-state index contributed by atoms with van der Waals surface area (Å²) >= 11 is 0. The maximum absolute atomic E-state index is 11.4. The molecular formula is C7H10N2O6. The average Bonchev–Trinajstić information content (AvgIpc) is 2.60. The van der Waals surface area contributed by atoms with E-state index in [1.807, 2.05) is 5.32 Å². The summed E-state index contributed by atoms with van der Waals surface area (Å²) in [6, 6.07) is -0.815. The Morgan fingerprint density at radius 2 is 2.07 bits per heavy atom. The van der Waals surface area contributed by atoms with Gasteiger partial charge in [-0.05, 0) is 0 Å². The van der Waals surface area contributed by atoms with E-state index in [0.717, 1.165) is 0 Å². The third kappa shape index (κ3) is 1.23. The summed E-state index contributed by atoms with van der Waals surface area (Å²) in [4.78, 5) is 22.2. The Morgan fingerprint density at radius 3 is 2.47 bits per heavy atom. The summed E-state index contributed by atoms with van der Waals surface area (Å²) in [5.41, 5.74) is -1.98. The van der Waals surface area contributed by atoms with Crippen molar-refractivity contribution in [1.29, 1.82) is 0 Å². The molecule has 1 spiro atoms. The maximum Gasteiger partial charge on any atom is 0.324 e. The van der Waals surface area contributed by atoms with E-state index in [4.69, 9.17) is 9.84 Å². The van der Waals surface area contributed by atoms with E-state index in [9.17, 15) is 19.8 Å². The van der Waals surface area contributed by atoms with Gasteiger partial charge < -0.3 is 20.1 Å². The molecule has 2 heterocycles. The summed E-state index contributed by atoms with van der Waals surface area (Å²) in [7, 11) is 0. The van der Waals surface area contributed by atoms with E-state index >= 15 is 0 Å². The Labute approximate surface area is 83.8 Å². The van der Waals surface area contributed by atoms with Crippen molar-refractivity contribution in [1.82, 2.24) is 10.6 Å². The van der Waals surface area contributed by atoms with E-state index < -0.39 is 42.6 Å². The van der Waals surface area contributed by atoms with E-state index in [2.05, 4.69) is 5.32 Å². The Balaban J connectivity index is 2.30. The van der Waals surface area contributed by atoms with E-state index in [1.165, 1.54) is 0 Å². The first-order valence-electron chi connectivity index (χ1n) is 4.29. The van der Waals surface area contributed by atoms with Gasteiger partial charge in [0.2, 0.25) is 0 Å². The summed E-state index contributed by atoms with van der Waals surface area (Å²) in [5.74, 6) is -0.880. The third-order valence-corrected chi connectivity index (χ3v) is 2.50. The minimum absolute atomic E-state index is 0.566. The Morgan fingerprint density at radius 1 is 1.40 bits per heavy atom. The Bertz CT molecular complexity index is 321. The maximum atomic E-state index is 11.4. The van der Waals surface area contributed by atoms with Crippen molar-refractivity contribution in [2.24, 2.45) is 0 Å². The number of nitrogens with one attached hydrogen (secondary N) is 2. The topological polar surface area (TPSA) is 128 Å². The van der Waals surface area contributed by atoms with Gasteiger partial charge in [-0.1, -0.05) is 0 Å². The predicted octanol–water partition coefficient (Wildman–Crippen LogP) is -3.36. The molecule has 0 radical (unpaired) electrons. The number of imide groups is 1. The molecule has 0 aliphatic carbocycles. The van der Waals surface area contributed by atoms with Crippen LogP contribution in [0.15, 0.2) is 0 Å². The molecule has 1 unspecified atom stereocenters. The van der Waals surface area contributed by atoms with Crippen LogP contribution in [0.5, 0.6) is 0 Å². The fourth-order valence-electron chi connectivity index (χ4n) is 1.71. The van der Waals surface area contributed by atoms with Crippen LogP contribution >= 0.6 is 0 Å². The number of ether oxygens (including phenoxy) is 1. The molecule has 84 valence electrons. The first kappa shape index (κ1) is 10.3. The molecule has 0 saturated carbocycles. The lowest BCUT2D eigenvalue weighted by molar-refractivity contribution is -0.153. The van der Waals surface area contributed by atoms with Crippen LogP contribution in [0.25, 0.3) is 0 Å². The minimum atomic E-state index is -1.98. The molecule has 0 bridgehead atoms. The zero-order valence-corrected chi connectivity index (χ0v) is 7.51. The van der Waals surface area contributed by atoms with Crippen molar-refractivity contribution >= 4 is 11.9 Å². The molecule has 2 rings (SSSR count). The number of aliphatic hydroxyl groups is 3. The highest BCUT2D eigenvalue weighted by Gasteiger charge is 2.63. The SMILES string of the molecule is O=C1NC(=O)C2(N1)O[C@H](CO)[C@@H](O)[C@H]2O. The number of carbonyl (C=O) groups excluding carboxylic acids is 2. The van der Waals surface area contributed by atoms with Gasteiger partial charge in [-0.3, -0.25) is 15.4 Å². The zero-order valence-electron chi connectivity index (χ0n) is 7.51. The fourth-order valence-corrected chi connectivity index (χ4v) is 1.71. The van der Waals surface area contributed by atoms with Crippen LogP contribution in [0.3, 0.4) is 0 Å². The summed E-state index contributed by atoms with van der Waals surface area (Å²) in [6.07, 6.45) is -4.15. The van der Waals surface area contributed by atoms with Gasteiger partial charge >= 0.3 is 6.03 Å². The van der Waals surface area contributed by atoms with Gasteiger partial charge in [-0.2, -0.15) is 0 Å². The van der Waals surface area contributed by atoms with Crippen molar-refractivity contribution in [2.75, 3.05) is 6.61 Å². The second-order valence-electron chi connectivity index (χ2n) is 3.42. The number of hydrogen-bond acceptors (Lipinski definition) is 6. The minimum Gasteiger partial charge on any atom is -0.394 e. The van der Waals surface area contributed by atoms with Crippen LogP contribution < -0.4 is 10.6 Å². The molecule has 8 heteroatoms. The van der Waals surface area contributed by atoms with Gasteiger partial charge in [-0.25, -0.2) is 4.79 Å². The van der Waals surface area contributed by atoms with Crippen molar-refractivity contribution in [3.63, 3.8) is 0 Å². The zero-order chi connectivity index (χ0) is 11.2. The molecule has 2 aliphatic rings. The number of amides is 3. The number of rotatable bonds is 1. The van der Waals surface area contributed by atoms with Gasteiger partial charge in [-0.15, -0.1) is 0 Å². The highest BCUT2D eigenvalue weighted by Crippen LogP contribution is 2.31. The standard InChI is InChI=1S/C7H10N2O6/c10-1-2-3(11)4(12)7(15-2)5(13)8-6(14)9-7/h2-4,10-12H,1H2,(H2,8,9,13,14)/t2-,3-,4-,7?/m1/s1. The summed E-state index contributed by atoms with van der Waals surface area (Å²) < 4.78 is 4.97. The van der Waals surface area contributed by atoms with Gasteiger partial charge in [0, 0.05) is 0 Å². The van der Waals surface area contributed by atoms with Gasteiger partial charge in [0.25, 0.3) is 11.6 Å². The third-order valence-electron chi connectivity index (χ3n) is 2.50. The van der Waals surface area contributed by atoms with E-state index in [0.29, 0.717) is 0 Å². The summed E-state index contributed by atoms with van der Waals surface area (Å²) in [6.45, 7) is -0.566. The van der Waals surface area contributed by atoms with Gasteiger partial charge in [0.15, 0.2) is 0 Å². The van der Waals surface area contributed by atoms with Crippen LogP contribution in [-0.2, 0) is 9.53 Å². The normalized spacial score (nSPS) is 44.6. The molecule has 2 saturated heterocycles. The lowest BCUT2D eigenvalue weighted by Crippen LogP contribution is -2.56. The second-order valence-corrected chi connectivity index (χ2v) is 3.42. The van der Waals surface area contributed by atoms with Crippen LogP contribution in [0.1, 0.15) is 0 Å². The molecule has 15 heavy (non-hydrogen) atoms. The summed E-state index contributed by atoms with van der Waals surface area (Å²) in [5, 5.41) is 31.8. The molecule has 5 N–H and O–H groups in total. The Hall–Kier alpha value is -1.22. The lowest BCUT2D eigenvalue weighted by Gasteiger charge is -2.22. The largest absolute Gasteiger partial charge is 0.394 e. The highest BCUT2D eigenvalue weighted by molar-refractivity contribution is 6.06. The molecule has 2 fully saturated rings. The van der Waals surface area contributed by atoms with Crippen LogP contribution in [0, 0.1) is 0 Å². The molecule has 2 aliphatic heterocycles. The predicted molar refractivity (Wildman–Crippen MR) is 43.4 cm³/mol. The van der Waals surface area contributed by atoms with Gasteiger partial charge in [0.1, 0.15) is 18.3 Å². The smallest absolute Gasteiger partial charge is 0.324 e. The van der Waals surface area contributed by atoms with Gasteiger partial charge in [0.05, 0.1) is 6.61 Å². The molecular weight excluding hydrogens is 208 g/mol. The lowest BCUT2D eigenvalue weighted by atomic mass is 10.0. The van der Waals surface area contributed by atoms with Crippen molar-refractivity contribution in [3.8, 4) is 0 Å². The number of carbonyl (C=O) groups is 2. The molecule has 4 atom stereocenters. The second kappa shape index (κ2) is 3.14. The molecule has 8 nitrogen and oxygen atoms in total. The molecule has 3 amide bonds. The molecule has 0 aromatic carbocycles. The van der Waals surface area contributed by atoms with E-state index in [-0.39, 0.29) is 0 Å². The number of hydrogen-bond donors (Lipinski definition) is 5. The van der Waals surface area contributed by atoms with Crippen molar-refractivity contribution < 1.29 is 29.6 Å². The first-order valence-corrected chi connectivity index (χ1v) is 4.29. The van der Waals surface area contributed by atoms with Crippen LogP contribution in [0.4, 0.5) is 4.79 Å². The number of urea groups is 1. The van der Waals surface area contributed by atoms with Crippen molar-refractivity contribution in [2.45, 2.75) is 24.0 Å². The first-order chi connectivity index (χ1) is 7.01. The van der Waals surface area contributed by atoms with E-state index in [1.54, 1.807) is 0 Å². The van der Waals surface area contributed by atoms with Crippen LogP contribution in [-0.4, -0.2) is 57.9 Å². The Kier molecular flexibility index (Phi) is 2.15. The quantitative estimate of drug-likeness (QED) is 0.292. The van der Waals surface area contributed by atoms with Crippen molar-refractivity contribution in [3.05, 3.63) is 0 Å². The fraction of sp³-hybridized carbons (Fsp3) is 0.714. The highest BCUT2D eigenvalue weighted by atomic mass is 16.6. The van der Waals surface area contributed by atoms with Crippen LogP contribution in [0.2, 0.25) is 0 Å². The number of aliphatic hydroxyl groups excluding tert-OH is 3. The molecule has 0 aromatic rings. The monoisotopic (exact) mass is 218 g/mol. The molecule has 0 aromatic heterocycles. The average molecular weight is 218 g/mol.